The second-order valence-corrected chi connectivity index (χ2v) is 6.25. The van der Waals surface area contributed by atoms with Crippen LogP contribution < -0.4 is 4.74 Å². The number of imidazole rings is 1. The Labute approximate surface area is 132 Å². The Morgan fingerprint density at radius 3 is 2.82 bits per heavy atom. The van der Waals surface area contributed by atoms with Crippen LogP contribution in [0, 0.1) is 19.7 Å². The molecule has 6 heteroatoms. The minimum atomic E-state index is -0.326. The highest BCUT2D eigenvalue weighted by Gasteiger charge is 2.14. The van der Waals surface area contributed by atoms with Crippen molar-refractivity contribution in [3.05, 3.63) is 52.0 Å². The number of rotatable bonds is 4. The number of hydrogen-bond acceptors (Lipinski definition) is 4. The molecule has 2 heterocycles. The third kappa shape index (κ3) is 2.74. The first kappa shape index (κ1) is 14.7. The van der Waals surface area contributed by atoms with Gasteiger partial charge in [0.2, 0.25) is 0 Å². The Hall–Kier alpha value is -2.21. The number of benzene rings is 1. The molecule has 0 atom stereocenters. The third-order valence-corrected chi connectivity index (χ3v) is 4.49. The monoisotopic (exact) mass is 317 g/mol. The average molecular weight is 317 g/mol. The van der Waals surface area contributed by atoms with Gasteiger partial charge in [-0.3, -0.25) is 0 Å². The maximum absolute atomic E-state index is 13.4. The van der Waals surface area contributed by atoms with Gasteiger partial charge in [0.1, 0.15) is 17.4 Å². The van der Waals surface area contributed by atoms with Crippen LogP contribution in [0.2, 0.25) is 0 Å². The van der Waals surface area contributed by atoms with Crippen LogP contribution in [0.3, 0.4) is 0 Å². The van der Waals surface area contributed by atoms with E-state index in [1.165, 1.54) is 24.1 Å². The van der Waals surface area contributed by atoms with E-state index in [2.05, 4.69) is 9.97 Å². The van der Waals surface area contributed by atoms with Crippen LogP contribution in [0.1, 0.15) is 15.6 Å². The van der Waals surface area contributed by atoms with Gasteiger partial charge in [-0.1, -0.05) is 0 Å². The minimum Gasteiger partial charge on any atom is -0.496 e. The fraction of sp³-hybridized carbons (Fsp3) is 0.250. The number of nitrogens with zero attached hydrogens (tertiary/aromatic N) is 3. The molecule has 3 rings (SSSR count). The van der Waals surface area contributed by atoms with Gasteiger partial charge >= 0.3 is 0 Å². The van der Waals surface area contributed by atoms with Crippen molar-refractivity contribution >= 4 is 11.3 Å². The van der Waals surface area contributed by atoms with Crippen molar-refractivity contribution in [3.63, 3.8) is 0 Å². The van der Waals surface area contributed by atoms with E-state index in [9.17, 15) is 4.39 Å². The Kier molecular flexibility index (Phi) is 3.94. The normalized spacial score (nSPS) is 10.9. The zero-order valence-electron chi connectivity index (χ0n) is 12.6. The topological polar surface area (TPSA) is 39.9 Å². The molecule has 0 bridgehead atoms. The Morgan fingerprint density at radius 2 is 2.14 bits per heavy atom. The Morgan fingerprint density at radius 1 is 1.32 bits per heavy atom. The summed E-state index contributed by atoms with van der Waals surface area (Å²) in [5.74, 6) is 0.902. The van der Waals surface area contributed by atoms with E-state index >= 15 is 0 Å². The molecule has 0 saturated heterocycles. The van der Waals surface area contributed by atoms with Crippen LogP contribution in [0.15, 0.2) is 30.6 Å². The predicted molar refractivity (Wildman–Crippen MR) is 84.9 cm³/mol. The fourth-order valence-corrected chi connectivity index (χ4v) is 3.34. The van der Waals surface area contributed by atoms with Gasteiger partial charge in [0.15, 0.2) is 0 Å². The summed E-state index contributed by atoms with van der Waals surface area (Å²) < 4.78 is 20.7. The summed E-state index contributed by atoms with van der Waals surface area (Å²) in [4.78, 5) is 10.0. The lowest BCUT2D eigenvalue weighted by Gasteiger charge is -2.11. The van der Waals surface area contributed by atoms with Gasteiger partial charge in [0.05, 0.1) is 29.9 Å². The molecule has 0 radical (unpaired) electrons. The number of aryl methyl sites for hydroxylation is 2. The lowest BCUT2D eigenvalue weighted by atomic mass is 10.2. The number of methoxy groups -OCH3 is 1. The first-order valence-electron chi connectivity index (χ1n) is 6.86. The van der Waals surface area contributed by atoms with Crippen molar-refractivity contribution in [1.82, 2.24) is 14.5 Å². The summed E-state index contributed by atoms with van der Waals surface area (Å²) in [7, 11) is 1.53. The second-order valence-electron chi connectivity index (χ2n) is 4.96. The number of thiazole rings is 1. The standard InChI is InChI=1S/C16H16FN3OS/c1-10-15(22-11(2)19-10)9-20-7-6-18-16(20)13-5-4-12(17)8-14(13)21-3/h4-8H,9H2,1-3H3. The highest BCUT2D eigenvalue weighted by atomic mass is 32.1. The molecule has 0 fully saturated rings. The first-order chi connectivity index (χ1) is 10.6. The predicted octanol–water partition coefficient (Wildman–Crippen LogP) is 3.82. The fourth-order valence-electron chi connectivity index (χ4n) is 2.41. The first-order valence-corrected chi connectivity index (χ1v) is 7.68. The maximum Gasteiger partial charge on any atom is 0.143 e. The molecule has 114 valence electrons. The molecule has 2 aromatic heterocycles. The molecule has 0 saturated carbocycles. The van der Waals surface area contributed by atoms with Crippen LogP contribution in [-0.2, 0) is 6.54 Å². The summed E-state index contributed by atoms with van der Waals surface area (Å²) in [5.41, 5.74) is 1.81. The van der Waals surface area contributed by atoms with Gasteiger partial charge in [-0.2, -0.15) is 0 Å². The molecule has 3 aromatic rings. The number of hydrogen-bond donors (Lipinski definition) is 0. The van der Waals surface area contributed by atoms with E-state index in [1.807, 2.05) is 24.6 Å². The zero-order valence-corrected chi connectivity index (χ0v) is 13.4. The van der Waals surface area contributed by atoms with Gasteiger partial charge in [0, 0.05) is 23.3 Å². The van der Waals surface area contributed by atoms with Crippen LogP contribution in [0.5, 0.6) is 5.75 Å². The van der Waals surface area contributed by atoms with Crippen LogP contribution in [-0.4, -0.2) is 21.6 Å². The van der Waals surface area contributed by atoms with E-state index in [-0.39, 0.29) is 5.82 Å². The number of ether oxygens (including phenoxy) is 1. The van der Waals surface area contributed by atoms with Crippen LogP contribution >= 0.6 is 11.3 Å². The van der Waals surface area contributed by atoms with E-state index in [0.717, 1.165) is 22.1 Å². The lowest BCUT2D eigenvalue weighted by Crippen LogP contribution is -2.02. The molecule has 4 nitrogen and oxygen atoms in total. The molecule has 22 heavy (non-hydrogen) atoms. The maximum atomic E-state index is 13.4. The highest BCUT2D eigenvalue weighted by Crippen LogP contribution is 2.30. The zero-order chi connectivity index (χ0) is 15.7. The smallest absolute Gasteiger partial charge is 0.143 e. The molecule has 0 amide bonds. The van der Waals surface area contributed by atoms with Gasteiger partial charge in [-0.15, -0.1) is 11.3 Å². The summed E-state index contributed by atoms with van der Waals surface area (Å²) in [6.07, 6.45) is 3.65. The minimum absolute atomic E-state index is 0.326. The third-order valence-electron chi connectivity index (χ3n) is 3.43. The largest absolute Gasteiger partial charge is 0.496 e. The molecule has 0 aliphatic rings. The molecule has 1 aromatic carbocycles. The van der Waals surface area contributed by atoms with E-state index in [1.54, 1.807) is 23.6 Å². The second kappa shape index (κ2) is 5.88. The average Bonchev–Trinajstić information content (AvgIpc) is 3.06. The van der Waals surface area contributed by atoms with Crippen molar-refractivity contribution in [2.75, 3.05) is 7.11 Å². The molecule has 0 N–H and O–H groups in total. The Balaban J connectivity index is 2.01. The van der Waals surface area contributed by atoms with Crippen molar-refractivity contribution in [2.24, 2.45) is 0 Å². The van der Waals surface area contributed by atoms with Crippen LogP contribution in [0.25, 0.3) is 11.4 Å². The van der Waals surface area contributed by atoms with E-state index < -0.39 is 0 Å². The van der Waals surface area contributed by atoms with Gasteiger partial charge < -0.3 is 9.30 Å². The van der Waals surface area contributed by atoms with Crippen molar-refractivity contribution in [1.29, 1.82) is 0 Å². The van der Waals surface area contributed by atoms with Gasteiger partial charge in [-0.25, -0.2) is 14.4 Å². The van der Waals surface area contributed by atoms with Crippen molar-refractivity contribution < 1.29 is 9.13 Å². The summed E-state index contributed by atoms with van der Waals surface area (Å²) in [6.45, 7) is 4.69. The molecule has 0 aliphatic heterocycles. The molecular formula is C16H16FN3OS. The number of aromatic nitrogens is 3. The van der Waals surface area contributed by atoms with Crippen molar-refractivity contribution in [2.45, 2.75) is 20.4 Å². The molecule has 0 spiro atoms. The molecule has 0 unspecified atom stereocenters. The summed E-state index contributed by atoms with van der Waals surface area (Å²) >= 11 is 1.68. The SMILES string of the molecule is COc1cc(F)ccc1-c1nccn1Cc1sc(C)nc1C. The lowest BCUT2D eigenvalue weighted by molar-refractivity contribution is 0.412. The van der Waals surface area contributed by atoms with Gasteiger partial charge in [0.25, 0.3) is 0 Å². The van der Waals surface area contributed by atoms with Crippen LogP contribution in [0.4, 0.5) is 4.39 Å². The molecule has 0 aliphatic carbocycles. The summed E-state index contributed by atoms with van der Waals surface area (Å²) in [6, 6.07) is 4.48. The number of halogens is 1. The Bertz CT molecular complexity index is 810. The van der Waals surface area contributed by atoms with Gasteiger partial charge in [-0.05, 0) is 26.0 Å². The van der Waals surface area contributed by atoms with E-state index in [0.29, 0.717) is 12.3 Å². The summed E-state index contributed by atoms with van der Waals surface area (Å²) in [5, 5.41) is 1.05. The van der Waals surface area contributed by atoms with E-state index in [4.69, 9.17) is 4.74 Å². The quantitative estimate of drug-likeness (QED) is 0.734. The van der Waals surface area contributed by atoms with Crippen molar-refractivity contribution in [3.8, 4) is 17.1 Å². The molecular weight excluding hydrogens is 301 g/mol. The highest BCUT2D eigenvalue weighted by molar-refractivity contribution is 7.11.